The van der Waals surface area contributed by atoms with Gasteiger partial charge in [-0.05, 0) is 0 Å². The molecule has 0 N–H and O–H groups in total. The average Bonchev–Trinajstić information content (AvgIpc) is 2.95. The third-order valence-corrected chi connectivity index (χ3v) is 127. The zero-order valence-electron chi connectivity index (χ0n) is 37.2. The molecule has 51 heavy (non-hydrogen) atoms. The Morgan fingerprint density at radius 3 is 0.510 bits per heavy atom. The zero-order valence-corrected chi connectivity index (χ0v) is 46.3. The summed E-state index contributed by atoms with van der Waals surface area (Å²) < 4.78 is 71.0. The Bertz CT molecular complexity index is 751. The topological polar surface area (TPSA) is 55.4 Å². The van der Waals surface area contributed by atoms with Gasteiger partial charge in [-0.25, -0.2) is 0 Å². The van der Waals surface area contributed by atoms with Crippen LogP contribution in [0.25, 0.3) is 0 Å². The van der Waals surface area contributed by atoms with Gasteiger partial charge in [0.15, 0.2) is 0 Å². The van der Waals surface area contributed by atoms with Crippen LogP contribution in [0.2, 0.25) is 72.5 Å². The van der Waals surface area contributed by atoms with E-state index in [1.165, 1.54) is 0 Å². The van der Waals surface area contributed by atoms with Gasteiger partial charge in [0.2, 0.25) is 13.9 Å². The molecule has 0 unspecified atom stereocenters. The predicted octanol–water partition coefficient (Wildman–Crippen LogP) is 9.96. The van der Waals surface area contributed by atoms with Gasteiger partial charge < -0.3 is 36.6 Å². The molecular formula is C36H84F2KO6Si6. The van der Waals surface area contributed by atoms with Crippen molar-refractivity contribution in [2.75, 3.05) is 79.3 Å². The SMILES string of the molecule is C1COCCOCCOCCOCCOCCO1.CC(C)[Si](C(C)C)(C(C)C)[Si@](F)([Si](C)(C)C)[Si@@](F)([Si](C)(C)C)[Si](C(C)C)(C(C)C)C(C)C.[K]. The van der Waals surface area contributed by atoms with Crippen LogP contribution in [-0.2, 0) is 28.4 Å². The number of halogens is 2. The first-order valence-corrected chi connectivity index (χ1v) is 40.0. The molecular weight excluding hydrogens is 774 g/mol. The molecule has 1 rings (SSSR count). The first-order chi connectivity index (χ1) is 22.9. The molecule has 1 aliphatic heterocycles. The first kappa shape index (κ1) is 55.7. The number of hydrogen-bond donors (Lipinski definition) is 0. The van der Waals surface area contributed by atoms with E-state index in [1.807, 2.05) is 0 Å². The summed E-state index contributed by atoms with van der Waals surface area (Å²) in [5, 5.41) is 0. The van der Waals surface area contributed by atoms with Crippen molar-refractivity contribution in [1.29, 1.82) is 0 Å². The molecule has 0 saturated carbocycles. The van der Waals surface area contributed by atoms with Gasteiger partial charge in [-0.2, -0.15) is 0 Å². The summed E-state index contributed by atoms with van der Waals surface area (Å²) in [6.07, 6.45) is 0. The molecule has 1 aliphatic rings. The largest absolute Gasteiger partial charge is 0.377 e. The molecule has 1 fully saturated rings. The molecule has 1 heterocycles. The second-order valence-electron chi connectivity index (χ2n) is 18.3. The fraction of sp³-hybridized carbons (Fsp3) is 1.00. The second-order valence-corrected chi connectivity index (χ2v) is 76.2. The maximum absolute atomic E-state index is 19.5. The molecule has 0 aromatic rings. The first-order valence-electron chi connectivity index (χ1n) is 19.8. The summed E-state index contributed by atoms with van der Waals surface area (Å²) in [6, 6.07) is 0. The minimum atomic E-state index is -3.76. The van der Waals surface area contributed by atoms with Crippen molar-refractivity contribution in [2.24, 2.45) is 0 Å². The summed E-state index contributed by atoms with van der Waals surface area (Å²) in [5.74, 6) is 0. The van der Waals surface area contributed by atoms with Gasteiger partial charge in [0.25, 0.3) is 0 Å². The molecule has 0 spiro atoms. The zero-order chi connectivity index (χ0) is 39.2. The van der Waals surface area contributed by atoms with Crippen molar-refractivity contribution in [2.45, 2.75) is 156 Å². The minimum Gasteiger partial charge on any atom is -0.377 e. The van der Waals surface area contributed by atoms with Gasteiger partial charge in [-0.3, -0.25) is 0 Å². The average molecular weight is 859 g/mol. The van der Waals surface area contributed by atoms with Gasteiger partial charge in [-0.1, -0.05) is 156 Å². The van der Waals surface area contributed by atoms with E-state index in [4.69, 9.17) is 28.4 Å². The molecule has 0 aliphatic carbocycles. The maximum Gasteiger partial charge on any atom is 0.240 e. The summed E-state index contributed by atoms with van der Waals surface area (Å²) >= 11 is 0. The molecule has 1 radical (unpaired) electrons. The third-order valence-electron chi connectivity index (χ3n) is 11.7. The summed E-state index contributed by atoms with van der Waals surface area (Å²) in [4.78, 5) is 0. The van der Waals surface area contributed by atoms with Gasteiger partial charge in [0, 0.05) is 51.4 Å². The molecule has 6 nitrogen and oxygen atoms in total. The molecule has 2 atom stereocenters. The van der Waals surface area contributed by atoms with Crippen molar-refractivity contribution >= 4 is 95.7 Å². The van der Waals surface area contributed by atoms with Gasteiger partial charge in [-0.15, -0.1) is 0 Å². The van der Waals surface area contributed by atoms with Crippen LogP contribution < -0.4 is 0 Å². The van der Waals surface area contributed by atoms with Crippen LogP contribution >= 0.6 is 0 Å². The van der Waals surface area contributed by atoms with E-state index >= 15 is 8.22 Å². The van der Waals surface area contributed by atoms with Crippen LogP contribution in [0.5, 0.6) is 0 Å². The third kappa shape index (κ3) is 13.0. The van der Waals surface area contributed by atoms with E-state index in [2.05, 4.69) is 122 Å². The van der Waals surface area contributed by atoms with E-state index in [1.54, 1.807) is 0 Å². The Morgan fingerprint density at radius 1 is 0.314 bits per heavy atom. The predicted molar refractivity (Wildman–Crippen MR) is 233 cm³/mol. The molecule has 15 heteroatoms. The van der Waals surface area contributed by atoms with E-state index in [-0.39, 0.29) is 51.4 Å². The molecule has 1 saturated heterocycles. The number of rotatable bonds is 11. The smallest absolute Gasteiger partial charge is 0.240 e. The van der Waals surface area contributed by atoms with Crippen molar-refractivity contribution in [1.82, 2.24) is 0 Å². The summed E-state index contributed by atoms with van der Waals surface area (Å²) in [5.41, 5.74) is 1.77. The standard InChI is InChI=1S/C24H60F2Si6.C12H24O6.K/c1-19(2)29(20(3)4,21(5)6)31(25,27(13,14)15)32(26,28(16,17)18)30(22(7)8,23(9)10)24(11)12;1-2-14-5-6-16-9-10-18-12-11-17-8-7-15-4-3-13-1;/h19-24H,1-18H3;1-12H2;/t31-,32-;;/m0../s1. The Morgan fingerprint density at radius 2 is 0.431 bits per heavy atom. The van der Waals surface area contributed by atoms with E-state index < -0.39 is 44.3 Å². The van der Waals surface area contributed by atoms with Crippen LogP contribution in [0.3, 0.4) is 0 Å². The minimum absolute atomic E-state index is 0. The number of hydrogen-bond acceptors (Lipinski definition) is 6. The summed E-state index contributed by atoms with van der Waals surface area (Å²) in [7, 11) is -10.1. The Balaban J connectivity index is 0. The fourth-order valence-electron chi connectivity index (χ4n) is 10.6. The Labute approximate surface area is 363 Å². The second kappa shape index (κ2) is 25.1. The van der Waals surface area contributed by atoms with Crippen LogP contribution in [-0.4, -0.2) is 175 Å². The number of ether oxygens (including phenoxy) is 6. The van der Waals surface area contributed by atoms with E-state index in [0.29, 0.717) is 113 Å². The monoisotopic (exact) mass is 857 g/mol. The summed E-state index contributed by atoms with van der Waals surface area (Å²) in [6.45, 7) is 40.5. The maximum atomic E-state index is 19.5. The Kier molecular flexibility index (Phi) is 27.4. The quantitative estimate of drug-likeness (QED) is 0.152. The van der Waals surface area contributed by atoms with Crippen LogP contribution in [0.15, 0.2) is 0 Å². The van der Waals surface area contributed by atoms with Crippen molar-refractivity contribution in [3.63, 3.8) is 0 Å². The van der Waals surface area contributed by atoms with Gasteiger partial charge in [0.1, 0.15) is 0 Å². The fourth-order valence-corrected chi connectivity index (χ4v) is 209. The van der Waals surface area contributed by atoms with Crippen molar-refractivity contribution < 1.29 is 36.6 Å². The van der Waals surface area contributed by atoms with Crippen molar-refractivity contribution in [3.05, 3.63) is 0 Å². The van der Waals surface area contributed by atoms with Gasteiger partial charge >= 0.3 is 0 Å². The van der Waals surface area contributed by atoms with Crippen LogP contribution in [0, 0.1) is 0 Å². The molecule has 0 bridgehead atoms. The molecule has 303 valence electrons. The van der Waals surface area contributed by atoms with Crippen LogP contribution in [0.1, 0.15) is 83.1 Å². The molecule has 0 aromatic heterocycles. The molecule has 0 amide bonds. The van der Waals surface area contributed by atoms with E-state index in [9.17, 15) is 0 Å². The van der Waals surface area contributed by atoms with Crippen LogP contribution in [0.4, 0.5) is 8.22 Å². The van der Waals surface area contributed by atoms with Gasteiger partial charge in [0.05, 0.1) is 110 Å². The molecule has 0 aromatic carbocycles. The van der Waals surface area contributed by atoms with E-state index in [0.717, 1.165) is 0 Å². The Hall–Kier alpha value is 2.56. The van der Waals surface area contributed by atoms with Crippen molar-refractivity contribution in [3.8, 4) is 0 Å². The normalized spacial score (nSPS) is 20.4.